The van der Waals surface area contributed by atoms with Crippen LogP contribution in [0.2, 0.25) is 0 Å². The van der Waals surface area contributed by atoms with Crippen molar-refractivity contribution in [1.29, 1.82) is 0 Å². The van der Waals surface area contributed by atoms with E-state index in [-0.39, 0.29) is 17.7 Å². The number of H-pyrrole nitrogens is 1. The van der Waals surface area contributed by atoms with Crippen molar-refractivity contribution in [3.8, 4) is 17.0 Å². The van der Waals surface area contributed by atoms with Crippen molar-refractivity contribution in [2.45, 2.75) is 26.3 Å². The number of fused-ring (bicyclic) bond motifs is 1. The predicted molar refractivity (Wildman–Crippen MR) is 111 cm³/mol. The fourth-order valence-electron chi connectivity index (χ4n) is 3.95. The molecule has 0 fully saturated rings. The number of carbonyl (C=O) groups is 1. The van der Waals surface area contributed by atoms with Crippen LogP contribution in [0.3, 0.4) is 0 Å². The summed E-state index contributed by atoms with van der Waals surface area (Å²) in [6, 6.07) is 13.4. The predicted octanol–water partition coefficient (Wildman–Crippen LogP) is 3.98. The number of rotatable bonds is 6. The van der Waals surface area contributed by atoms with E-state index in [9.17, 15) is 9.90 Å². The molecule has 2 N–H and O–H groups in total. The molecule has 0 bridgehead atoms. The third-order valence-corrected chi connectivity index (χ3v) is 5.41. The van der Waals surface area contributed by atoms with Gasteiger partial charge in [-0.1, -0.05) is 41.5 Å². The molecule has 2 aromatic carbocycles. The molecule has 1 aromatic heterocycles. The van der Waals surface area contributed by atoms with Crippen LogP contribution in [0.15, 0.2) is 42.5 Å². The van der Waals surface area contributed by atoms with E-state index in [0.717, 1.165) is 28.7 Å². The number of hydrogen-bond acceptors (Lipinski definition) is 4. The minimum absolute atomic E-state index is 0.0763. The number of carbonyl (C=O) groups excluding carboxylic acids is 1. The molecule has 0 saturated heterocycles. The Kier molecular flexibility index (Phi) is 5.11. The lowest BCUT2D eigenvalue weighted by Crippen LogP contribution is -2.31. The fraction of sp³-hybridized carbons (Fsp3) is 0.304. The van der Waals surface area contributed by atoms with E-state index in [4.69, 9.17) is 4.74 Å². The van der Waals surface area contributed by atoms with E-state index in [2.05, 4.69) is 34.5 Å². The maximum Gasteiger partial charge on any atom is 0.273 e. The maximum absolute atomic E-state index is 13.2. The molecule has 1 atom stereocenters. The Bertz CT molecular complexity index is 1040. The number of phenols is 1. The van der Waals surface area contributed by atoms with Crippen molar-refractivity contribution in [2.75, 3.05) is 20.3 Å². The smallest absolute Gasteiger partial charge is 0.273 e. The van der Waals surface area contributed by atoms with E-state index in [1.807, 2.05) is 30.9 Å². The zero-order valence-electron chi connectivity index (χ0n) is 16.9. The molecule has 29 heavy (non-hydrogen) atoms. The van der Waals surface area contributed by atoms with Crippen LogP contribution in [-0.2, 0) is 4.74 Å². The summed E-state index contributed by atoms with van der Waals surface area (Å²) in [4.78, 5) is 15.1. The second-order valence-corrected chi connectivity index (χ2v) is 7.54. The summed E-state index contributed by atoms with van der Waals surface area (Å²) in [5.74, 6) is 0.0745. The lowest BCUT2D eigenvalue weighted by Gasteiger charge is -2.26. The van der Waals surface area contributed by atoms with E-state index in [1.54, 1.807) is 13.2 Å². The Morgan fingerprint density at radius 3 is 2.59 bits per heavy atom. The number of ether oxygens (including phenoxy) is 1. The van der Waals surface area contributed by atoms with E-state index in [1.165, 1.54) is 0 Å². The molecule has 6 heteroatoms. The molecule has 0 unspecified atom stereocenters. The molecule has 1 aliphatic rings. The van der Waals surface area contributed by atoms with Gasteiger partial charge in [0.1, 0.15) is 17.1 Å². The molecular weight excluding hydrogens is 366 g/mol. The van der Waals surface area contributed by atoms with Crippen LogP contribution < -0.4 is 0 Å². The van der Waals surface area contributed by atoms with Gasteiger partial charge in [0.15, 0.2) is 0 Å². The highest BCUT2D eigenvalue weighted by Gasteiger charge is 2.42. The van der Waals surface area contributed by atoms with E-state index in [0.29, 0.717) is 30.1 Å². The van der Waals surface area contributed by atoms with Crippen molar-refractivity contribution < 1.29 is 14.6 Å². The zero-order chi connectivity index (χ0) is 20.5. The summed E-state index contributed by atoms with van der Waals surface area (Å²) in [5.41, 5.74) is 5.76. The third-order valence-electron chi connectivity index (χ3n) is 5.41. The Morgan fingerprint density at radius 1 is 1.14 bits per heavy atom. The fourth-order valence-corrected chi connectivity index (χ4v) is 3.95. The molecule has 0 spiro atoms. The molecular formula is C23H25N3O3. The Morgan fingerprint density at radius 2 is 1.86 bits per heavy atom. The first-order valence-corrected chi connectivity index (χ1v) is 9.76. The number of amides is 1. The zero-order valence-corrected chi connectivity index (χ0v) is 16.9. The summed E-state index contributed by atoms with van der Waals surface area (Å²) in [6.07, 6.45) is 0.743. The van der Waals surface area contributed by atoms with Gasteiger partial charge in [-0.25, -0.2) is 0 Å². The summed E-state index contributed by atoms with van der Waals surface area (Å²) in [6.45, 7) is 5.17. The van der Waals surface area contributed by atoms with Crippen LogP contribution in [0.25, 0.3) is 11.3 Å². The van der Waals surface area contributed by atoms with Crippen molar-refractivity contribution in [2.24, 2.45) is 0 Å². The van der Waals surface area contributed by atoms with Crippen LogP contribution >= 0.6 is 0 Å². The summed E-state index contributed by atoms with van der Waals surface area (Å²) in [7, 11) is 1.66. The molecule has 0 radical (unpaired) electrons. The van der Waals surface area contributed by atoms with Gasteiger partial charge in [0.25, 0.3) is 5.91 Å². The summed E-state index contributed by atoms with van der Waals surface area (Å²) in [5, 5.41) is 17.8. The minimum atomic E-state index is -0.261. The number of nitrogens with one attached hydrogen (secondary N) is 1. The molecule has 6 nitrogen and oxygen atoms in total. The van der Waals surface area contributed by atoms with Gasteiger partial charge in [-0.05, 0) is 38.0 Å². The molecule has 2 heterocycles. The highest BCUT2D eigenvalue weighted by Crippen LogP contribution is 2.44. The molecule has 4 rings (SSSR count). The summed E-state index contributed by atoms with van der Waals surface area (Å²) >= 11 is 0. The monoisotopic (exact) mass is 391 g/mol. The lowest BCUT2D eigenvalue weighted by molar-refractivity contribution is 0.0723. The standard InChI is InChI=1S/C23H25N3O3/c1-14-5-8-16(9-6-14)22-19-20(17-13-15(2)7-10-18(17)27)24-25-21(19)23(28)26(22)11-4-12-29-3/h5-10,13,22,27H,4,11-12H2,1-3H3,(H,24,25)/t22-/m0/s1. The number of phenolic OH excluding ortho intramolecular Hbond substituents is 1. The van der Waals surface area contributed by atoms with Crippen molar-refractivity contribution >= 4 is 5.91 Å². The average molecular weight is 391 g/mol. The Balaban J connectivity index is 1.85. The molecule has 0 aliphatic carbocycles. The van der Waals surface area contributed by atoms with Crippen molar-refractivity contribution in [3.63, 3.8) is 0 Å². The molecule has 1 amide bonds. The molecule has 0 saturated carbocycles. The van der Waals surface area contributed by atoms with Gasteiger partial charge in [0, 0.05) is 31.4 Å². The quantitative estimate of drug-likeness (QED) is 0.623. The first kappa shape index (κ1) is 19.2. The largest absolute Gasteiger partial charge is 0.507 e. The van der Waals surface area contributed by atoms with Gasteiger partial charge in [-0.2, -0.15) is 5.10 Å². The van der Waals surface area contributed by atoms with Crippen molar-refractivity contribution in [3.05, 3.63) is 70.4 Å². The van der Waals surface area contributed by atoms with Gasteiger partial charge in [-0.15, -0.1) is 0 Å². The van der Waals surface area contributed by atoms with Crippen LogP contribution in [0.4, 0.5) is 0 Å². The topological polar surface area (TPSA) is 78.5 Å². The van der Waals surface area contributed by atoms with Crippen LogP contribution in [0, 0.1) is 13.8 Å². The normalized spacial score (nSPS) is 15.8. The number of hydrogen-bond donors (Lipinski definition) is 2. The SMILES string of the molecule is COCCCN1C(=O)c2[nH]nc(-c3cc(C)ccc3O)c2[C@@H]1c1ccc(C)cc1. The number of aromatic hydroxyl groups is 1. The molecule has 150 valence electrons. The highest BCUT2D eigenvalue weighted by atomic mass is 16.5. The number of nitrogens with zero attached hydrogens (tertiary/aromatic N) is 2. The number of aryl methyl sites for hydroxylation is 2. The summed E-state index contributed by atoms with van der Waals surface area (Å²) < 4.78 is 5.18. The van der Waals surface area contributed by atoms with Crippen molar-refractivity contribution in [1.82, 2.24) is 15.1 Å². The van der Waals surface area contributed by atoms with Gasteiger partial charge in [0.2, 0.25) is 0 Å². The second kappa shape index (κ2) is 7.72. The van der Waals surface area contributed by atoms with Gasteiger partial charge in [-0.3, -0.25) is 9.89 Å². The second-order valence-electron chi connectivity index (χ2n) is 7.54. The third kappa shape index (κ3) is 3.40. The number of benzene rings is 2. The van der Waals surface area contributed by atoms with E-state index >= 15 is 0 Å². The van der Waals surface area contributed by atoms with Crippen LogP contribution in [0.1, 0.15) is 45.2 Å². The maximum atomic E-state index is 13.2. The van der Waals surface area contributed by atoms with Gasteiger partial charge in [0.05, 0.1) is 6.04 Å². The molecule has 3 aromatic rings. The first-order chi connectivity index (χ1) is 14.0. The van der Waals surface area contributed by atoms with Gasteiger partial charge < -0.3 is 14.7 Å². The first-order valence-electron chi connectivity index (χ1n) is 9.76. The Labute approximate surface area is 170 Å². The highest BCUT2D eigenvalue weighted by molar-refractivity contribution is 6.00. The van der Waals surface area contributed by atoms with Crippen LogP contribution in [0.5, 0.6) is 5.75 Å². The Hall–Kier alpha value is -3.12. The number of aromatic nitrogens is 2. The van der Waals surface area contributed by atoms with Gasteiger partial charge >= 0.3 is 0 Å². The number of aromatic amines is 1. The lowest BCUT2D eigenvalue weighted by atomic mass is 9.94. The average Bonchev–Trinajstić information content (AvgIpc) is 3.24. The van der Waals surface area contributed by atoms with Crippen LogP contribution in [-0.4, -0.2) is 46.4 Å². The minimum Gasteiger partial charge on any atom is -0.507 e. The molecule has 1 aliphatic heterocycles. The number of methoxy groups -OCH3 is 1. The van der Waals surface area contributed by atoms with E-state index < -0.39 is 0 Å².